The van der Waals surface area contributed by atoms with Gasteiger partial charge in [-0.25, -0.2) is 0 Å². The monoisotopic (exact) mass is 301 g/mol. The van der Waals surface area contributed by atoms with Crippen LogP contribution in [0, 0.1) is 11.3 Å². The van der Waals surface area contributed by atoms with Crippen LogP contribution in [0.5, 0.6) is 0 Å². The van der Waals surface area contributed by atoms with Gasteiger partial charge < -0.3 is 9.88 Å². The maximum absolute atomic E-state index is 12.6. The fourth-order valence-electron chi connectivity index (χ4n) is 2.46. The molecule has 0 unspecified atom stereocenters. The number of anilines is 1. The number of nitrogens with one attached hydrogen (secondary N) is 1. The van der Waals surface area contributed by atoms with E-state index in [0.29, 0.717) is 0 Å². The van der Waals surface area contributed by atoms with Crippen molar-refractivity contribution in [3.05, 3.63) is 71.9 Å². The summed E-state index contributed by atoms with van der Waals surface area (Å²) in [4.78, 5) is 17.2. The Labute approximate surface area is 134 Å². The molecule has 3 aromatic rings. The summed E-state index contributed by atoms with van der Waals surface area (Å²) in [5, 5.41) is 10.4. The van der Waals surface area contributed by atoms with Crippen molar-refractivity contribution in [3.8, 4) is 6.07 Å². The lowest BCUT2D eigenvalue weighted by Crippen LogP contribution is -2.27. The van der Waals surface area contributed by atoms with E-state index in [2.05, 4.69) is 4.98 Å². The zero-order valence-corrected chi connectivity index (χ0v) is 12.7. The Hall–Kier alpha value is -3.32. The molecule has 1 heterocycles. The Morgan fingerprint density at radius 1 is 1.13 bits per heavy atom. The first-order valence-corrected chi connectivity index (χ1v) is 7.21. The van der Waals surface area contributed by atoms with Gasteiger partial charge in [0.2, 0.25) is 0 Å². The minimum absolute atomic E-state index is 0.0982. The van der Waals surface area contributed by atoms with Gasteiger partial charge in [-0.1, -0.05) is 36.4 Å². The van der Waals surface area contributed by atoms with Gasteiger partial charge in [0.05, 0.1) is 0 Å². The van der Waals surface area contributed by atoms with Crippen molar-refractivity contribution >= 4 is 28.6 Å². The Bertz CT molecular complexity index is 916. The van der Waals surface area contributed by atoms with Gasteiger partial charge in [-0.3, -0.25) is 4.79 Å². The lowest BCUT2D eigenvalue weighted by atomic mass is 10.1. The number of amides is 1. The second-order valence-electron chi connectivity index (χ2n) is 5.16. The van der Waals surface area contributed by atoms with E-state index in [1.807, 2.05) is 60.7 Å². The molecule has 3 rings (SSSR count). The molecule has 0 saturated heterocycles. The molecule has 0 fully saturated rings. The number of carbonyl (C=O) groups excluding carboxylic acids is 1. The van der Waals surface area contributed by atoms with Crippen LogP contribution in [0.1, 0.15) is 5.56 Å². The topological polar surface area (TPSA) is 59.9 Å². The maximum atomic E-state index is 12.6. The molecule has 112 valence electrons. The molecule has 0 aliphatic carbocycles. The van der Waals surface area contributed by atoms with Gasteiger partial charge in [-0.15, -0.1) is 0 Å². The second kappa shape index (κ2) is 6.20. The molecule has 1 amide bonds. The Balaban J connectivity index is 1.96. The molecule has 4 nitrogen and oxygen atoms in total. The second-order valence-corrected chi connectivity index (χ2v) is 5.16. The highest BCUT2D eigenvalue weighted by atomic mass is 16.2. The van der Waals surface area contributed by atoms with Crippen LogP contribution in [0.2, 0.25) is 0 Å². The first-order valence-electron chi connectivity index (χ1n) is 7.21. The number of para-hydroxylation sites is 2. The van der Waals surface area contributed by atoms with Crippen LogP contribution in [-0.2, 0) is 4.79 Å². The highest BCUT2D eigenvalue weighted by molar-refractivity contribution is 6.11. The zero-order chi connectivity index (χ0) is 16.2. The average Bonchev–Trinajstić information content (AvgIpc) is 3.02. The largest absolute Gasteiger partial charge is 0.361 e. The standard InChI is InChI=1S/C19H15N3O/c1-22(16-7-3-2-4-8-16)19(23)14(12-20)11-15-13-21-18-10-6-5-9-17(15)18/h2-11,13,21H,1H3/b14-11+. The summed E-state index contributed by atoms with van der Waals surface area (Å²) in [7, 11) is 1.66. The molecule has 4 heteroatoms. The van der Waals surface area contributed by atoms with E-state index in [1.54, 1.807) is 19.3 Å². The predicted molar refractivity (Wildman–Crippen MR) is 91.7 cm³/mol. The smallest absolute Gasteiger partial charge is 0.268 e. The molecule has 1 N–H and O–H groups in total. The third-order valence-corrected chi connectivity index (χ3v) is 3.72. The van der Waals surface area contributed by atoms with Crippen molar-refractivity contribution in [1.82, 2.24) is 4.98 Å². The van der Waals surface area contributed by atoms with Gasteiger partial charge in [0, 0.05) is 35.4 Å². The van der Waals surface area contributed by atoms with Gasteiger partial charge >= 0.3 is 0 Å². The molecule has 0 aliphatic rings. The number of aromatic nitrogens is 1. The highest BCUT2D eigenvalue weighted by Gasteiger charge is 2.16. The summed E-state index contributed by atoms with van der Waals surface area (Å²) in [6.45, 7) is 0. The fraction of sp³-hybridized carbons (Fsp3) is 0.0526. The van der Waals surface area contributed by atoms with E-state index in [0.717, 1.165) is 22.2 Å². The number of nitriles is 1. The van der Waals surface area contributed by atoms with Crippen LogP contribution in [0.4, 0.5) is 5.69 Å². The molecule has 0 atom stereocenters. The number of hydrogen-bond acceptors (Lipinski definition) is 2. The predicted octanol–water partition coefficient (Wildman–Crippen LogP) is 3.74. The number of aromatic amines is 1. The average molecular weight is 301 g/mol. The molecular weight excluding hydrogens is 286 g/mol. The quantitative estimate of drug-likeness (QED) is 0.592. The maximum Gasteiger partial charge on any atom is 0.268 e. The Morgan fingerprint density at radius 2 is 1.83 bits per heavy atom. The zero-order valence-electron chi connectivity index (χ0n) is 12.7. The number of benzene rings is 2. The summed E-state index contributed by atoms with van der Waals surface area (Å²) in [5.41, 5.74) is 2.64. The minimum Gasteiger partial charge on any atom is -0.361 e. The molecule has 23 heavy (non-hydrogen) atoms. The van der Waals surface area contributed by atoms with E-state index in [1.165, 1.54) is 4.90 Å². The molecule has 0 aliphatic heterocycles. The molecule has 0 spiro atoms. The summed E-state index contributed by atoms with van der Waals surface area (Å²) in [5.74, 6) is -0.330. The van der Waals surface area contributed by atoms with Crippen molar-refractivity contribution < 1.29 is 4.79 Å². The first kappa shape index (κ1) is 14.6. The molecule has 0 saturated carbocycles. The van der Waals surface area contributed by atoms with Crippen LogP contribution in [0.3, 0.4) is 0 Å². The Morgan fingerprint density at radius 3 is 2.57 bits per heavy atom. The Kier molecular flexibility index (Phi) is 3.94. The van der Waals surface area contributed by atoms with Crippen LogP contribution in [-0.4, -0.2) is 17.9 Å². The molecule has 0 radical (unpaired) electrons. The van der Waals surface area contributed by atoms with E-state index < -0.39 is 0 Å². The van der Waals surface area contributed by atoms with Gasteiger partial charge in [0.1, 0.15) is 11.6 Å². The normalized spacial score (nSPS) is 11.2. The molecule has 0 bridgehead atoms. The van der Waals surface area contributed by atoms with E-state index in [4.69, 9.17) is 0 Å². The van der Waals surface area contributed by atoms with Gasteiger partial charge in [-0.2, -0.15) is 5.26 Å². The third kappa shape index (κ3) is 2.85. The van der Waals surface area contributed by atoms with Crippen molar-refractivity contribution in [2.45, 2.75) is 0 Å². The van der Waals surface area contributed by atoms with Gasteiger partial charge in [0.25, 0.3) is 5.91 Å². The van der Waals surface area contributed by atoms with Gasteiger partial charge in [-0.05, 0) is 24.3 Å². The lowest BCUT2D eigenvalue weighted by molar-refractivity contribution is -0.114. The summed E-state index contributed by atoms with van der Waals surface area (Å²) >= 11 is 0. The number of likely N-dealkylation sites (N-methyl/N-ethyl adjacent to an activating group) is 1. The van der Waals surface area contributed by atoms with Crippen LogP contribution in [0.15, 0.2) is 66.4 Å². The summed E-state index contributed by atoms with van der Waals surface area (Å²) in [6, 6.07) is 19.0. The minimum atomic E-state index is -0.330. The highest BCUT2D eigenvalue weighted by Crippen LogP contribution is 2.21. The molecule has 1 aromatic heterocycles. The van der Waals surface area contributed by atoms with Crippen LogP contribution >= 0.6 is 0 Å². The van der Waals surface area contributed by atoms with Crippen molar-refractivity contribution in [2.24, 2.45) is 0 Å². The third-order valence-electron chi connectivity index (χ3n) is 3.72. The fourth-order valence-corrected chi connectivity index (χ4v) is 2.46. The SMILES string of the molecule is CN(C(=O)/C(C#N)=C/c1c[nH]c2ccccc12)c1ccccc1. The summed E-state index contributed by atoms with van der Waals surface area (Å²) in [6.07, 6.45) is 3.43. The van der Waals surface area contributed by atoms with Crippen LogP contribution in [0.25, 0.3) is 17.0 Å². The van der Waals surface area contributed by atoms with Crippen molar-refractivity contribution in [3.63, 3.8) is 0 Å². The number of hydrogen-bond donors (Lipinski definition) is 1. The number of fused-ring (bicyclic) bond motifs is 1. The van der Waals surface area contributed by atoms with Crippen molar-refractivity contribution in [1.29, 1.82) is 5.26 Å². The van der Waals surface area contributed by atoms with E-state index >= 15 is 0 Å². The number of carbonyl (C=O) groups is 1. The lowest BCUT2D eigenvalue weighted by Gasteiger charge is -2.16. The number of H-pyrrole nitrogens is 1. The molecular formula is C19H15N3O. The number of rotatable bonds is 3. The van der Waals surface area contributed by atoms with E-state index in [-0.39, 0.29) is 11.5 Å². The van der Waals surface area contributed by atoms with Gasteiger partial charge in [0.15, 0.2) is 0 Å². The van der Waals surface area contributed by atoms with Crippen LogP contribution < -0.4 is 4.90 Å². The first-order chi connectivity index (χ1) is 11.2. The number of nitrogens with zero attached hydrogens (tertiary/aromatic N) is 2. The summed E-state index contributed by atoms with van der Waals surface area (Å²) < 4.78 is 0. The van der Waals surface area contributed by atoms with Crippen molar-refractivity contribution in [2.75, 3.05) is 11.9 Å². The van der Waals surface area contributed by atoms with E-state index in [9.17, 15) is 10.1 Å². The molecule has 2 aromatic carbocycles.